The van der Waals surface area contributed by atoms with Crippen molar-refractivity contribution in [2.75, 3.05) is 26.7 Å². The zero-order valence-electron chi connectivity index (χ0n) is 14.9. The van der Waals surface area contributed by atoms with E-state index in [4.69, 9.17) is 4.74 Å². The summed E-state index contributed by atoms with van der Waals surface area (Å²) in [6, 6.07) is 3.56. The Labute approximate surface area is 152 Å². The molecule has 7 heteroatoms. The first-order chi connectivity index (χ1) is 10.8. The second kappa shape index (κ2) is 9.04. The van der Waals surface area contributed by atoms with E-state index < -0.39 is 10.0 Å². The number of aryl methyl sites for hydroxylation is 1. The van der Waals surface area contributed by atoms with Gasteiger partial charge in [-0.25, -0.2) is 13.1 Å². The van der Waals surface area contributed by atoms with Gasteiger partial charge in [-0.15, -0.1) is 12.4 Å². The molecule has 1 aliphatic rings. The quantitative estimate of drug-likeness (QED) is 0.801. The third kappa shape index (κ3) is 5.09. The molecule has 2 N–H and O–H groups in total. The van der Waals surface area contributed by atoms with E-state index in [2.05, 4.69) is 10.0 Å². The topological polar surface area (TPSA) is 67.4 Å². The highest BCUT2D eigenvalue weighted by molar-refractivity contribution is 7.89. The molecule has 0 aromatic heterocycles. The molecule has 1 aromatic rings. The fraction of sp³-hybridized carbons (Fsp3) is 0.647. The van der Waals surface area contributed by atoms with Crippen molar-refractivity contribution in [3.63, 3.8) is 0 Å². The van der Waals surface area contributed by atoms with Crippen LogP contribution in [0.15, 0.2) is 17.0 Å². The maximum atomic E-state index is 12.7. The Kier molecular flexibility index (Phi) is 7.99. The van der Waals surface area contributed by atoms with Crippen molar-refractivity contribution in [2.45, 2.75) is 44.4 Å². The summed E-state index contributed by atoms with van der Waals surface area (Å²) >= 11 is 0. The average Bonchev–Trinajstić information content (AvgIpc) is 2.53. The molecule has 1 heterocycles. The van der Waals surface area contributed by atoms with Gasteiger partial charge < -0.3 is 10.1 Å². The van der Waals surface area contributed by atoms with Gasteiger partial charge in [0.05, 0.1) is 12.0 Å². The van der Waals surface area contributed by atoms with E-state index >= 15 is 0 Å². The van der Waals surface area contributed by atoms with Crippen LogP contribution >= 0.6 is 12.4 Å². The lowest BCUT2D eigenvalue weighted by atomic mass is 10.0. The first kappa shape index (κ1) is 21.2. The van der Waals surface area contributed by atoms with Crippen molar-refractivity contribution < 1.29 is 13.2 Å². The lowest BCUT2D eigenvalue weighted by Crippen LogP contribution is -2.38. The minimum atomic E-state index is -3.50. The summed E-state index contributed by atoms with van der Waals surface area (Å²) in [7, 11) is -1.89. The van der Waals surface area contributed by atoms with E-state index in [-0.39, 0.29) is 18.3 Å². The maximum absolute atomic E-state index is 12.7. The predicted octanol–water partition coefficient (Wildman–Crippen LogP) is 2.83. The molecule has 5 nitrogen and oxygen atoms in total. The lowest BCUT2D eigenvalue weighted by molar-refractivity contribution is 0.376. The molecule has 1 atom stereocenters. The molecule has 0 radical (unpaired) electrons. The second-order valence-corrected chi connectivity index (χ2v) is 8.31. The minimum Gasteiger partial charge on any atom is -0.496 e. The Balaban J connectivity index is 0.00000288. The van der Waals surface area contributed by atoms with Crippen LogP contribution in [0.2, 0.25) is 0 Å². The Morgan fingerprint density at radius 1 is 1.38 bits per heavy atom. The first-order valence-electron chi connectivity index (χ1n) is 8.24. The van der Waals surface area contributed by atoms with Gasteiger partial charge in [0.25, 0.3) is 0 Å². The van der Waals surface area contributed by atoms with E-state index in [0.717, 1.165) is 37.2 Å². The predicted molar refractivity (Wildman–Crippen MR) is 99.9 cm³/mol. The monoisotopic (exact) mass is 376 g/mol. The largest absolute Gasteiger partial charge is 0.496 e. The second-order valence-electron chi connectivity index (χ2n) is 6.58. The Morgan fingerprint density at radius 3 is 2.62 bits per heavy atom. The van der Waals surface area contributed by atoms with Gasteiger partial charge in [-0.3, -0.25) is 0 Å². The molecule has 1 fully saturated rings. The van der Waals surface area contributed by atoms with Crippen LogP contribution < -0.4 is 14.8 Å². The number of benzene rings is 1. The van der Waals surface area contributed by atoms with E-state index in [1.807, 2.05) is 26.8 Å². The van der Waals surface area contributed by atoms with Crippen LogP contribution in [0.5, 0.6) is 5.75 Å². The number of rotatable bonds is 6. The van der Waals surface area contributed by atoms with Gasteiger partial charge in [0.15, 0.2) is 0 Å². The highest BCUT2D eigenvalue weighted by Crippen LogP contribution is 2.31. The molecule has 1 unspecified atom stereocenters. The summed E-state index contributed by atoms with van der Waals surface area (Å²) in [6.45, 7) is 8.26. The number of halogens is 1. The molecule has 0 aliphatic carbocycles. The number of ether oxygens (including phenoxy) is 1. The van der Waals surface area contributed by atoms with Crippen LogP contribution in [-0.2, 0) is 10.0 Å². The van der Waals surface area contributed by atoms with Crippen molar-refractivity contribution in [3.05, 3.63) is 23.3 Å². The summed E-state index contributed by atoms with van der Waals surface area (Å²) in [5, 5.41) is 3.31. The number of hydrogen-bond acceptors (Lipinski definition) is 4. The van der Waals surface area contributed by atoms with E-state index in [1.165, 1.54) is 0 Å². The van der Waals surface area contributed by atoms with Crippen LogP contribution in [0.1, 0.15) is 43.7 Å². The van der Waals surface area contributed by atoms with Crippen LogP contribution in [-0.4, -0.2) is 35.2 Å². The number of nitrogens with one attached hydrogen (secondary N) is 2. The lowest BCUT2D eigenvalue weighted by Gasteiger charge is -2.23. The number of methoxy groups -OCH3 is 1. The molecule has 0 amide bonds. The Bertz CT molecular complexity index is 641. The SMILES string of the molecule is COc1cc(C)c(S(=O)(=O)NCC2CCCNC2)cc1C(C)C.Cl. The first-order valence-corrected chi connectivity index (χ1v) is 9.72. The van der Waals surface area contributed by atoms with Crippen molar-refractivity contribution in [1.82, 2.24) is 10.0 Å². The molecule has 2 rings (SSSR count). The van der Waals surface area contributed by atoms with Gasteiger partial charge in [0.2, 0.25) is 10.0 Å². The fourth-order valence-corrected chi connectivity index (χ4v) is 4.37. The van der Waals surface area contributed by atoms with E-state index in [1.54, 1.807) is 13.2 Å². The van der Waals surface area contributed by atoms with Gasteiger partial charge in [-0.1, -0.05) is 13.8 Å². The van der Waals surface area contributed by atoms with Crippen molar-refractivity contribution in [2.24, 2.45) is 5.92 Å². The Hall–Kier alpha value is -0.820. The van der Waals surface area contributed by atoms with Crippen molar-refractivity contribution in [1.29, 1.82) is 0 Å². The van der Waals surface area contributed by atoms with E-state index in [9.17, 15) is 8.42 Å². The maximum Gasteiger partial charge on any atom is 0.240 e. The van der Waals surface area contributed by atoms with Crippen LogP contribution in [0.4, 0.5) is 0 Å². The van der Waals surface area contributed by atoms with E-state index in [0.29, 0.717) is 22.9 Å². The molecule has 138 valence electrons. The molecule has 1 aromatic carbocycles. The number of piperidine rings is 1. The smallest absolute Gasteiger partial charge is 0.240 e. The fourth-order valence-electron chi connectivity index (χ4n) is 3.00. The van der Waals surface area contributed by atoms with Gasteiger partial charge >= 0.3 is 0 Å². The average molecular weight is 377 g/mol. The third-order valence-corrected chi connectivity index (χ3v) is 5.97. The summed E-state index contributed by atoms with van der Waals surface area (Å²) in [5.41, 5.74) is 1.62. The third-order valence-electron chi connectivity index (χ3n) is 4.40. The summed E-state index contributed by atoms with van der Waals surface area (Å²) < 4.78 is 33.6. The molecule has 1 saturated heterocycles. The van der Waals surface area contributed by atoms with Crippen molar-refractivity contribution in [3.8, 4) is 5.75 Å². The summed E-state index contributed by atoms with van der Waals surface area (Å²) in [5.74, 6) is 1.30. The highest BCUT2D eigenvalue weighted by Gasteiger charge is 2.22. The number of hydrogen-bond donors (Lipinski definition) is 2. The molecular weight excluding hydrogens is 348 g/mol. The van der Waals surface area contributed by atoms with Gasteiger partial charge in [-0.2, -0.15) is 0 Å². The zero-order chi connectivity index (χ0) is 17.0. The minimum absolute atomic E-state index is 0. The van der Waals surface area contributed by atoms with Gasteiger partial charge in [0, 0.05) is 6.54 Å². The van der Waals surface area contributed by atoms with Crippen LogP contribution in [0.3, 0.4) is 0 Å². The standard InChI is InChI=1S/C17H28N2O3S.ClH/c1-12(2)15-9-17(13(3)8-16(15)22-4)23(20,21)19-11-14-6-5-7-18-10-14;/h8-9,12,14,18-19H,5-7,10-11H2,1-4H3;1H. The summed E-state index contributed by atoms with van der Waals surface area (Å²) in [6.07, 6.45) is 2.17. The number of sulfonamides is 1. The summed E-state index contributed by atoms with van der Waals surface area (Å²) in [4.78, 5) is 0.353. The molecule has 0 bridgehead atoms. The van der Waals surface area contributed by atoms with Crippen molar-refractivity contribution >= 4 is 22.4 Å². The van der Waals surface area contributed by atoms with Crippen LogP contribution in [0.25, 0.3) is 0 Å². The van der Waals surface area contributed by atoms with Gasteiger partial charge in [-0.05, 0) is 68.0 Å². The highest BCUT2D eigenvalue weighted by atomic mass is 35.5. The molecule has 0 saturated carbocycles. The van der Waals surface area contributed by atoms with Gasteiger partial charge in [0.1, 0.15) is 5.75 Å². The zero-order valence-corrected chi connectivity index (χ0v) is 16.5. The van der Waals surface area contributed by atoms with Crippen LogP contribution in [0, 0.1) is 12.8 Å². The Morgan fingerprint density at radius 2 is 2.08 bits per heavy atom. The molecular formula is C17H29ClN2O3S. The molecule has 0 spiro atoms. The normalized spacial score (nSPS) is 18.3. The molecule has 1 aliphatic heterocycles. The molecule has 24 heavy (non-hydrogen) atoms.